The summed E-state index contributed by atoms with van der Waals surface area (Å²) in [5.41, 5.74) is 5.14. The molecular formula is C26H27N3O3. The Morgan fingerprint density at radius 1 is 1.06 bits per heavy atom. The number of aromatic nitrogens is 1. The number of rotatable bonds is 6. The van der Waals surface area contributed by atoms with Crippen LogP contribution in [-0.4, -0.2) is 39.5 Å². The van der Waals surface area contributed by atoms with Gasteiger partial charge in [0.15, 0.2) is 0 Å². The highest BCUT2D eigenvalue weighted by Gasteiger charge is 2.28. The quantitative estimate of drug-likeness (QED) is 0.591. The van der Waals surface area contributed by atoms with Gasteiger partial charge in [-0.25, -0.2) is 0 Å². The molecule has 2 N–H and O–H groups in total. The number of likely N-dealkylation sites (tertiary alicyclic amines) is 1. The monoisotopic (exact) mass is 429 g/mol. The zero-order chi connectivity index (χ0) is 22.5. The summed E-state index contributed by atoms with van der Waals surface area (Å²) in [7, 11) is 0. The predicted molar refractivity (Wildman–Crippen MR) is 124 cm³/mol. The molecule has 0 aliphatic carbocycles. The van der Waals surface area contributed by atoms with Crippen molar-refractivity contribution in [2.45, 2.75) is 38.8 Å². The Balaban J connectivity index is 1.45. The number of benzene rings is 2. The Morgan fingerprint density at radius 2 is 1.88 bits per heavy atom. The molecule has 1 saturated heterocycles. The van der Waals surface area contributed by atoms with Crippen molar-refractivity contribution in [1.82, 2.24) is 9.88 Å². The van der Waals surface area contributed by atoms with Crippen LogP contribution in [0.3, 0.4) is 0 Å². The first-order valence-corrected chi connectivity index (χ1v) is 10.9. The molecule has 6 nitrogen and oxygen atoms in total. The molecular weight excluding hydrogens is 402 g/mol. The normalized spacial score (nSPS) is 16.5. The van der Waals surface area contributed by atoms with E-state index >= 15 is 0 Å². The number of aliphatic carboxylic acids is 1. The van der Waals surface area contributed by atoms with Crippen LogP contribution in [0, 0.1) is 6.92 Å². The van der Waals surface area contributed by atoms with Crippen LogP contribution in [0.2, 0.25) is 0 Å². The molecule has 1 atom stereocenters. The van der Waals surface area contributed by atoms with Gasteiger partial charge in [-0.3, -0.25) is 19.5 Å². The van der Waals surface area contributed by atoms with Gasteiger partial charge in [0.2, 0.25) is 0 Å². The SMILES string of the molecule is Cc1c(NC(=O)c2ccc(CN3CCCC[C@H]3C(=O)O)cn2)cccc1-c1ccccc1. The van der Waals surface area contributed by atoms with E-state index in [1.807, 2.05) is 66.4 Å². The molecule has 0 unspecified atom stereocenters. The highest BCUT2D eigenvalue weighted by atomic mass is 16.4. The molecule has 32 heavy (non-hydrogen) atoms. The third-order valence-corrected chi connectivity index (χ3v) is 6.01. The lowest BCUT2D eigenvalue weighted by molar-refractivity contribution is -0.144. The second-order valence-corrected chi connectivity index (χ2v) is 8.17. The van der Waals surface area contributed by atoms with Gasteiger partial charge in [0.1, 0.15) is 11.7 Å². The van der Waals surface area contributed by atoms with Crippen molar-refractivity contribution in [2.24, 2.45) is 0 Å². The van der Waals surface area contributed by atoms with E-state index in [-0.39, 0.29) is 5.91 Å². The molecule has 0 spiro atoms. The average Bonchev–Trinajstić information content (AvgIpc) is 2.81. The van der Waals surface area contributed by atoms with E-state index in [1.165, 1.54) is 0 Å². The van der Waals surface area contributed by atoms with Crippen LogP contribution in [0.15, 0.2) is 66.9 Å². The molecule has 6 heteroatoms. The minimum atomic E-state index is -0.776. The van der Waals surface area contributed by atoms with Crippen LogP contribution >= 0.6 is 0 Å². The summed E-state index contributed by atoms with van der Waals surface area (Å²) in [6, 6.07) is 19.0. The van der Waals surface area contributed by atoms with E-state index in [4.69, 9.17) is 0 Å². The van der Waals surface area contributed by atoms with E-state index in [0.717, 1.165) is 47.3 Å². The number of carbonyl (C=O) groups excluding carboxylic acids is 1. The molecule has 2 aromatic carbocycles. The maximum absolute atomic E-state index is 12.8. The second kappa shape index (κ2) is 9.75. The molecule has 164 valence electrons. The number of carbonyl (C=O) groups is 2. The molecule has 4 rings (SSSR count). The first-order valence-electron chi connectivity index (χ1n) is 10.9. The van der Waals surface area contributed by atoms with E-state index in [9.17, 15) is 14.7 Å². The minimum absolute atomic E-state index is 0.272. The highest BCUT2D eigenvalue weighted by Crippen LogP contribution is 2.28. The second-order valence-electron chi connectivity index (χ2n) is 8.17. The standard InChI is InChI=1S/C26H27N3O3/c1-18-21(20-8-3-2-4-9-20)10-7-11-22(18)28-25(30)23-14-13-19(16-27-23)17-29-15-6-5-12-24(29)26(31)32/h2-4,7-11,13-14,16,24H,5-6,12,15,17H2,1H3,(H,28,30)(H,31,32)/t24-/m0/s1. The van der Waals surface area contributed by atoms with Gasteiger partial charge in [-0.15, -0.1) is 0 Å². The molecule has 0 saturated carbocycles. The number of nitrogens with one attached hydrogen (secondary N) is 1. The number of hydrogen-bond acceptors (Lipinski definition) is 4. The molecule has 1 fully saturated rings. The first-order chi connectivity index (χ1) is 15.5. The smallest absolute Gasteiger partial charge is 0.320 e. The lowest BCUT2D eigenvalue weighted by atomic mass is 9.99. The Kier molecular flexibility index (Phi) is 6.61. The third kappa shape index (κ3) is 4.86. The summed E-state index contributed by atoms with van der Waals surface area (Å²) >= 11 is 0. The van der Waals surface area contributed by atoms with E-state index in [1.54, 1.807) is 12.3 Å². The minimum Gasteiger partial charge on any atom is -0.480 e. The largest absolute Gasteiger partial charge is 0.480 e. The van der Waals surface area contributed by atoms with Gasteiger partial charge in [0, 0.05) is 18.4 Å². The fourth-order valence-corrected chi connectivity index (χ4v) is 4.23. The number of carboxylic acids is 1. The summed E-state index contributed by atoms with van der Waals surface area (Å²) in [5, 5.41) is 12.4. The van der Waals surface area contributed by atoms with E-state index in [0.29, 0.717) is 18.7 Å². The summed E-state index contributed by atoms with van der Waals surface area (Å²) in [6.07, 6.45) is 4.27. The van der Waals surface area contributed by atoms with Gasteiger partial charge in [-0.1, -0.05) is 55.0 Å². The van der Waals surface area contributed by atoms with Gasteiger partial charge in [0.05, 0.1) is 0 Å². The maximum Gasteiger partial charge on any atom is 0.320 e. The fraction of sp³-hybridized carbons (Fsp3) is 0.269. The third-order valence-electron chi connectivity index (χ3n) is 6.01. The van der Waals surface area contributed by atoms with Crippen molar-refractivity contribution in [3.05, 3.63) is 83.7 Å². The van der Waals surface area contributed by atoms with E-state index < -0.39 is 12.0 Å². The summed E-state index contributed by atoms with van der Waals surface area (Å²) < 4.78 is 0. The molecule has 1 aliphatic rings. The Labute approximate surface area is 187 Å². The lowest BCUT2D eigenvalue weighted by Crippen LogP contribution is -2.44. The molecule has 2 heterocycles. The zero-order valence-corrected chi connectivity index (χ0v) is 18.1. The number of amides is 1. The van der Waals surface area contributed by atoms with Gasteiger partial charge < -0.3 is 10.4 Å². The van der Waals surface area contributed by atoms with Gasteiger partial charge in [0.25, 0.3) is 5.91 Å². The van der Waals surface area contributed by atoms with Crippen molar-refractivity contribution in [3.63, 3.8) is 0 Å². The van der Waals surface area contributed by atoms with Gasteiger partial charge in [-0.2, -0.15) is 0 Å². The topological polar surface area (TPSA) is 82.5 Å². The zero-order valence-electron chi connectivity index (χ0n) is 18.1. The van der Waals surface area contributed by atoms with Crippen LogP contribution in [-0.2, 0) is 11.3 Å². The number of carboxylic acid groups (broad SMARTS) is 1. The van der Waals surface area contributed by atoms with Crippen molar-refractivity contribution in [3.8, 4) is 11.1 Å². The lowest BCUT2D eigenvalue weighted by Gasteiger charge is -2.32. The van der Waals surface area contributed by atoms with Crippen molar-refractivity contribution in [1.29, 1.82) is 0 Å². The van der Waals surface area contributed by atoms with Crippen LogP contribution in [0.4, 0.5) is 5.69 Å². The maximum atomic E-state index is 12.8. The molecule has 3 aromatic rings. The number of hydrogen-bond donors (Lipinski definition) is 2. The average molecular weight is 430 g/mol. The van der Waals surface area contributed by atoms with Gasteiger partial charge >= 0.3 is 5.97 Å². The van der Waals surface area contributed by atoms with Crippen LogP contribution in [0.5, 0.6) is 0 Å². The van der Waals surface area contributed by atoms with Gasteiger partial charge in [-0.05, 0) is 60.7 Å². The van der Waals surface area contributed by atoms with Crippen LogP contribution in [0.1, 0.15) is 40.9 Å². The van der Waals surface area contributed by atoms with Crippen LogP contribution in [0.25, 0.3) is 11.1 Å². The van der Waals surface area contributed by atoms with Crippen molar-refractivity contribution >= 4 is 17.6 Å². The number of piperidine rings is 1. The molecule has 0 radical (unpaired) electrons. The van der Waals surface area contributed by atoms with Crippen LogP contribution < -0.4 is 5.32 Å². The number of pyridine rings is 1. The fourth-order valence-electron chi connectivity index (χ4n) is 4.23. The molecule has 1 aliphatic heterocycles. The molecule has 1 aromatic heterocycles. The summed E-state index contributed by atoms with van der Waals surface area (Å²) in [4.78, 5) is 30.6. The predicted octanol–water partition coefficient (Wildman–Crippen LogP) is 4.75. The van der Waals surface area contributed by atoms with Crippen molar-refractivity contribution < 1.29 is 14.7 Å². The van der Waals surface area contributed by atoms with Crippen molar-refractivity contribution in [2.75, 3.05) is 11.9 Å². The number of anilines is 1. The molecule has 0 bridgehead atoms. The first kappa shape index (κ1) is 21.7. The Hall–Kier alpha value is -3.51. The van der Waals surface area contributed by atoms with E-state index in [2.05, 4.69) is 10.3 Å². The number of nitrogens with zero attached hydrogens (tertiary/aromatic N) is 2. The summed E-state index contributed by atoms with van der Waals surface area (Å²) in [6.45, 7) is 3.27. The summed E-state index contributed by atoms with van der Waals surface area (Å²) in [5.74, 6) is -1.05. The Morgan fingerprint density at radius 3 is 2.59 bits per heavy atom. The highest BCUT2D eigenvalue weighted by molar-refractivity contribution is 6.03. The Bertz CT molecular complexity index is 1100. The molecule has 1 amide bonds.